The Kier molecular flexibility index (Phi) is 5.17. The van der Waals surface area contributed by atoms with E-state index in [9.17, 15) is 4.79 Å². The number of rotatable bonds is 4. The van der Waals surface area contributed by atoms with Crippen LogP contribution < -0.4 is 5.32 Å². The van der Waals surface area contributed by atoms with Crippen LogP contribution in [0, 0.1) is 6.92 Å². The third kappa shape index (κ3) is 3.95. The monoisotopic (exact) mass is 283 g/mol. The number of aliphatic imine (C=N–C) groups is 1. The number of nitrogens with zero attached hydrogens (tertiary/aromatic N) is 2. The number of aromatic nitrogens is 1. The Labute approximate surface area is 125 Å². The zero-order valence-corrected chi connectivity index (χ0v) is 12.5. The quantitative estimate of drug-likeness (QED) is 0.683. The molecule has 1 saturated heterocycles. The molecule has 1 N–H and O–H groups in total. The number of hydrogen-bond donors (Lipinski definition) is 1. The highest BCUT2D eigenvalue weighted by molar-refractivity contribution is 5.81. The van der Waals surface area contributed by atoms with Crippen LogP contribution in [0.3, 0.4) is 0 Å². The molecule has 1 aromatic heterocycles. The first-order chi connectivity index (χ1) is 10.1. The van der Waals surface area contributed by atoms with E-state index in [1.165, 1.54) is 0 Å². The minimum absolute atomic E-state index is 0.0118. The fraction of sp³-hybridized carbons (Fsp3) is 0.353. The largest absolute Gasteiger partial charge is 0.301 e. The van der Waals surface area contributed by atoms with Crippen molar-refractivity contribution in [2.24, 2.45) is 4.99 Å². The van der Waals surface area contributed by atoms with E-state index in [1.807, 2.05) is 38.1 Å². The van der Waals surface area contributed by atoms with Gasteiger partial charge in [-0.3, -0.25) is 14.8 Å². The van der Waals surface area contributed by atoms with Gasteiger partial charge >= 0.3 is 0 Å². The zero-order valence-electron chi connectivity index (χ0n) is 12.5. The Morgan fingerprint density at radius 2 is 2.33 bits per heavy atom. The molecule has 2 rings (SSSR count). The molecule has 1 fully saturated rings. The molecule has 21 heavy (non-hydrogen) atoms. The SMILES string of the molecule is C=N/C=C\C=C(\C)C1CC(=O)C[C@H](c2ncccc2C)N1. The second-order valence-electron chi connectivity index (χ2n) is 5.36. The van der Waals surface area contributed by atoms with Crippen molar-refractivity contribution < 1.29 is 4.79 Å². The summed E-state index contributed by atoms with van der Waals surface area (Å²) in [4.78, 5) is 20.2. The van der Waals surface area contributed by atoms with Gasteiger partial charge in [-0.15, -0.1) is 0 Å². The van der Waals surface area contributed by atoms with Crippen molar-refractivity contribution in [3.8, 4) is 0 Å². The number of allylic oxidation sites excluding steroid dienone is 2. The Balaban J connectivity index is 2.18. The summed E-state index contributed by atoms with van der Waals surface area (Å²) in [6, 6.07) is 3.98. The van der Waals surface area contributed by atoms with Gasteiger partial charge in [-0.1, -0.05) is 17.7 Å². The summed E-state index contributed by atoms with van der Waals surface area (Å²) >= 11 is 0. The lowest BCUT2D eigenvalue weighted by atomic mass is 9.90. The van der Waals surface area contributed by atoms with Gasteiger partial charge < -0.3 is 5.32 Å². The third-order valence-electron chi connectivity index (χ3n) is 3.75. The summed E-state index contributed by atoms with van der Waals surface area (Å²) < 4.78 is 0. The summed E-state index contributed by atoms with van der Waals surface area (Å²) in [6.45, 7) is 7.45. The number of Topliss-reactive ketones (excluding diaryl/α,β-unsaturated/α-hetero) is 1. The fourth-order valence-corrected chi connectivity index (χ4v) is 2.60. The first-order valence-corrected chi connectivity index (χ1v) is 7.10. The maximum absolute atomic E-state index is 12.1. The molecule has 0 amide bonds. The van der Waals surface area contributed by atoms with E-state index in [0.717, 1.165) is 16.8 Å². The van der Waals surface area contributed by atoms with E-state index < -0.39 is 0 Å². The van der Waals surface area contributed by atoms with Crippen LogP contribution in [0.4, 0.5) is 0 Å². The maximum atomic E-state index is 12.1. The topological polar surface area (TPSA) is 54.4 Å². The number of pyridine rings is 1. The summed E-state index contributed by atoms with van der Waals surface area (Å²) in [6.07, 6.45) is 8.25. The van der Waals surface area contributed by atoms with Crippen molar-refractivity contribution in [2.45, 2.75) is 38.8 Å². The molecule has 0 radical (unpaired) electrons. The molecular weight excluding hydrogens is 262 g/mol. The van der Waals surface area contributed by atoms with Gasteiger partial charge in [0.2, 0.25) is 0 Å². The molecular formula is C17H21N3O. The van der Waals surface area contributed by atoms with E-state index in [-0.39, 0.29) is 17.9 Å². The molecule has 0 spiro atoms. The smallest absolute Gasteiger partial charge is 0.136 e. The Hall–Kier alpha value is -2.07. The van der Waals surface area contributed by atoms with Crippen molar-refractivity contribution >= 4 is 12.5 Å². The molecule has 2 atom stereocenters. The highest BCUT2D eigenvalue weighted by Gasteiger charge is 2.29. The van der Waals surface area contributed by atoms with Crippen LogP contribution in [0.25, 0.3) is 0 Å². The maximum Gasteiger partial charge on any atom is 0.136 e. The number of aryl methyl sites for hydroxylation is 1. The van der Waals surface area contributed by atoms with Gasteiger partial charge in [0.1, 0.15) is 5.78 Å². The molecule has 2 heterocycles. The number of piperidine rings is 1. The molecule has 0 aromatic carbocycles. The first kappa shape index (κ1) is 15.3. The Bertz CT molecular complexity index is 589. The lowest BCUT2D eigenvalue weighted by Crippen LogP contribution is -2.42. The van der Waals surface area contributed by atoms with Crippen LogP contribution in [0.15, 0.2) is 47.2 Å². The third-order valence-corrected chi connectivity index (χ3v) is 3.75. The van der Waals surface area contributed by atoms with E-state index >= 15 is 0 Å². The van der Waals surface area contributed by atoms with Gasteiger partial charge in [-0.05, 0) is 38.3 Å². The lowest BCUT2D eigenvalue weighted by Gasteiger charge is -2.31. The van der Waals surface area contributed by atoms with Gasteiger partial charge in [0.25, 0.3) is 0 Å². The summed E-state index contributed by atoms with van der Waals surface area (Å²) in [5.74, 6) is 0.271. The molecule has 110 valence electrons. The minimum atomic E-state index is -0.0118. The molecule has 1 unspecified atom stereocenters. The molecule has 1 aliphatic heterocycles. The minimum Gasteiger partial charge on any atom is -0.301 e. The molecule has 0 bridgehead atoms. The molecule has 0 aliphatic carbocycles. The van der Waals surface area contributed by atoms with Gasteiger partial charge in [0.05, 0.1) is 11.7 Å². The van der Waals surface area contributed by atoms with Gasteiger partial charge in [0, 0.05) is 31.3 Å². The Morgan fingerprint density at radius 1 is 1.52 bits per heavy atom. The first-order valence-electron chi connectivity index (χ1n) is 7.10. The van der Waals surface area contributed by atoms with Crippen molar-refractivity contribution in [3.05, 3.63) is 53.5 Å². The molecule has 0 saturated carbocycles. The molecule has 4 nitrogen and oxygen atoms in total. The number of hydrogen-bond acceptors (Lipinski definition) is 4. The van der Waals surface area contributed by atoms with E-state index in [0.29, 0.717) is 12.8 Å². The fourth-order valence-electron chi connectivity index (χ4n) is 2.60. The summed E-state index contributed by atoms with van der Waals surface area (Å²) in [5, 5.41) is 3.54. The lowest BCUT2D eigenvalue weighted by molar-refractivity contribution is -0.121. The van der Waals surface area contributed by atoms with Crippen LogP contribution in [0.2, 0.25) is 0 Å². The van der Waals surface area contributed by atoms with Crippen molar-refractivity contribution in [2.75, 3.05) is 0 Å². The molecule has 1 aromatic rings. The van der Waals surface area contributed by atoms with Gasteiger partial charge in [-0.2, -0.15) is 0 Å². The van der Waals surface area contributed by atoms with E-state index in [2.05, 4.69) is 22.0 Å². The number of carbonyl (C=O) groups is 1. The second-order valence-corrected chi connectivity index (χ2v) is 5.36. The molecule has 1 aliphatic rings. The standard InChI is InChI=1S/C17H21N3O/c1-12(6-4-8-18-3)15-10-14(21)11-16(20-15)17-13(2)7-5-9-19-17/h4-9,15-16,20H,3,10-11H2,1-2H3/b8-4-,12-6-/t15?,16-/m1/s1. The van der Waals surface area contributed by atoms with Gasteiger partial charge in [-0.25, -0.2) is 0 Å². The highest BCUT2D eigenvalue weighted by Crippen LogP contribution is 2.26. The van der Waals surface area contributed by atoms with Crippen LogP contribution in [-0.4, -0.2) is 23.5 Å². The zero-order chi connectivity index (χ0) is 15.2. The number of nitrogens with one attached hydrogen (secondary N) is 1. The average molecular weight is 283 g/mol. The number of carbonyl (C=O) groups excluding carboxylic acids is 1. The Morgan fingerprint density at radius 3 is 3.05 bits per heavy atom. The molecule has 4 heteroatoms. The van der Waals surface area contributed by atoms with Crippen LogP contribution in [0.5, 0.6) is 0 Å². The highest BCUT2D eigenvalue weighted by atomic mass is 16.1. The van der Waals surface area contributed by atoms with Crippen molar-refractivity contribution in [1.29, 1.82) is 0 Å². The van der Waals surface area contributed by atoms with Crippen molar-refractivity contribution in [1.82, 2.24) is 10.3 Å². The van der Waals surface area contributed by atoms with Crippen LogP contribution >= 0.6 is 0 Å². The average Bonchev–Trinajstić information content (AvgIpc) is 2.47. The van der Waals surface area contributed by atoms with E-state index in [1.54, 1.807) is 12.4 Å². The predicted octanol–water partition coefficient (Wildman–Crippen LogP) is 2.91. The van der Waals surface area contributed by atoms with Crippen LogP contribution in [-0.2, 0) is 4.79 Å². The normalized spacial score (nSPS) is 23.5. The van der Waals surface area contributed by atoms with Crippen LogP contribution in [0.1, 0.15) is 37.1 Å². The predicted molar refractivity (Wildman–Crippen MR) is 85.3 cm³/mol. The summed E-state index contributed by atoms with van der Waals surface area (Å²) in [7, 11) is 0. The van der Waals surface area contributed by atoms with Gasteiger partial charge in [0.15, 0.2) is 0 Å². The number of ketones is 1. The van der Waals surface area contributed by atoms with E-state index in [4.69, 9.17) is 0 Å². The second kappa shape index (κ2) is 7.09. The van der Waals surface area contributed by atoms with Crippen molar-refractivity contribution in [3.63, 3.8) is 0 Å². The summed E-state index contributed by atoms with van der Waals surface area (Å²) in [5.41, 5.74) is 3.19.